The smallest absolute Gasteiger partial charge is 0.160 e. The second-order valence-electron chi connectivity index (χ2n) is 11.4. The molecule has 3 aromatic heterocycles. The van der Waals surface area contributed by atoms with Crippen LogP contribution >= 0.6 is 11.3 Å². The van der Waals surface area contributed by atoms with Crippen molar-refractivity contribution < 1.29 is 0 Å². The molecule has 0 radical (unpaired) electrons. The lowest BCUT2D eigenvalue weighted by Gasteiger charge is -2.10. The minimum atomic E-state index is 0.586. The summed E-state index contributed by atoms with van der Waals surface area (Å²) < 4.78 is 4.57. The molecule has 46 heavy (non-hydrogen) atoms. The van der Waals surface area contributed by atoms with Crippen molar-refractivity contribution in [2.45, 2.75) is 0 Å². The lowest BCUT2D eigenvalue weighted by atomic mass is 10.0. The summed E-state index contributed by atoms with van der Waals surface area (Å²) in [7, 11) is 0. The second kappa shape index (κ2) is 10.5. The molecule has 0 atom stereocenters. The van der Waals surface area contributed by atoms with E-state index < -0.39 is 0 Å². The zero-order valence-corrected chi connectivity index (χ0v) is 25.4. The molecule has 0 aliphatic rings. The highest BCUT2D eigenvalue weighted by Crippen LogP contribution is 2.41. The molecule has 0 aliphatic carbocycles. The number of rotatable bonds is 4. The van der Waals surface area contributed by atoms with Crippen LogP contribution in [-0.2, 0) is 0 Å². The molecule has 0 N–H and O–H groups in total. The summed E-state index contributed by atoms with van der Waals surface area (Å²) in [6.07, 6.45) is 0. The monoisotopic (exact) mass is 604 g/mol. The van der Waals surface area contributed by atoms with E-state index in [4.69, 9.17) is 9.97 Å². The Labute approximate surface area is 269 Å². The molecule has 9 aromatic rings. The summed E-state index contributed by atoms with van der Waals surface area (Å²) >= 11 is 1.72. The molecule has 9 rings (SSSR count). The predicted octanol–water partition coefficient (Wildman–Crippen LogP) is 10.8. The van der Waals surface area contributed by atoms with Gasteiger partial charge in [-0.1, -0.05) is 97.1 Å². The van der Waals surface area contributed by atoms with Crippen LogP contribution < -0.4 is 0 Å². The van der Waals surface area contributed by atoms with Crippen molar-refractivity contribution in [1.82, 2.24) is 14.5 Å². The van der Waals surface area contributed by atoms with E-state index in [-0.39, 0.29) is 0 Å². The molecule has 0 aliphatic heterocycles. The van der Waals surface area contributed by atoms with E-state index in [1.165, 1.54) is 21.8 Å². The second-order valence-corrected chi connectivity index (χ2v) is 12.4. The Morgan fingerprint density at radius 2 is 1.22 bits per heavy atom. The van der Waals surface area contributed by atoms with Gasteiger partial charge in [-0.25, -0.2) is 9.97 Å². The minimum Gasteiger partial charge on any atom is -0.309 e. The van der Waals surface area contributed by atoms with E-state index >= 15 is 0 Å². The third-order valence-corrected chi connectivity index (χ3v) is 9.79. The number of fused-ring (bicyclic) bond motifs is 6. The third kappa shape index (κ3) is 4.20. The van der Waals surface area contributed by atoms with Gasteiger partial charge in [-0.15, -0.1) is 11.3 Å². The van der Waals surface area contributed by atoms with Gasteiger partial charge in [0.2, 0.25) is 0 Å². The SMILES string of the molecule is N#Cc1cccc(-c2nc(-c3ccccc3)c3sc4ccc(-c5cccc(-n6c7ccccc7c7ccccc76)c5)cc4c3n2)c1. The van der Waals surface area contributed by atoms with Crippen molar-refractivity contribution in [3.05, 3.63) is 151 Å². The Morgan fingerprint density at radius 1 is 0.543 bits per heavy atom. The summed E-state index contributed by atoms with van der Waals surface area (Å²) in [5.74, 6) is 0.613. The number of para-hydroxylation sites is 2. The van der Waals surface area contributed by atoms with Crippen LogP contribution in [0.5, 0.6) is 0 Å². The Kier molecular flexibility index (Phi) is 6.02. The maximum atomic E-state index is 9.55. The van der Waals surface area contributed by atoms with Crippen LogP contribution in [0.1, 0.15) is 5.56 Å². The van der Waals surface area contributed by atoms with Crippen LogP contribution in [0.4, 0.5) is 0 Å². The Hall–Kier alpha value is -6.09. The highest BCUT2D eigenvalue weighted by molar-refractivity contribution is 7.26. The molecule has 0 bridgehead atoms. The van der Waals surface area contributed by atoms with Crippen LogP contribution in [0.25, 0.3) is 81.6 Å². The number of nitrogens with zero attached hydrogens (tertiary/aromatic N) is 4. The van der Waals surface area contributed by atoms with Crippen molar-refractivity contribution in [2.24, 2.45) is 0 Å². The Balaban J connectivity index is 1.24. The van der Waals surface area contributed by atoms with Crippen molar-refractivity contribution in [3.8, 4) is 45.5 Å². The van der Waals surface area contributed by atoms with Crippen molar-refractivity contribution in [2.75, 3.05) is 0 Å². The lowest BCUT2D eigenvalue weighted by Crippen LogP contribution is -1.94. The molecule has 0 spiro atoms. The van der Waals surface area contributed by atoms with Gasteiger partial charge in [0.1, 0.15) is 0 Å². The van der Waals surface area contributed by atoms with E-state index in [0.29, 0.717) is 11.4 Å². The molecule has 0 unspecified atom stereocenters. The fourth-order valence-electron chi connectivity index (χ4n) is 6.50. The van der Waals surface area contributed by atoms with Gasteiger partial charge in [0.05, 0.1) is 38.6 Å². The number of nitriles is 1. The quantitative estimate of drug-likeness (QED) is 0.201. The zero-order chi connectivity index (χ0) is 30.6. The number of hydrogen-bond donors (Lipinski definition) is 0. The van der Waals surface area contributed by atoms with Crippen molar-refractivity contribution in [1.29, 1.82) is 5.26 Å². The van der Waals surface area contributed by atoms with Gasteiger partial charge in [-0.2, -0.15) is 5.26 Å². The zero-order valence-electron chi connectivity index (χ0n) is 24.6. The van der Waals surface area contributed by atoms with Crippen LogP contribution in [0.15, 0.2) is 146 Å². The van der Waals surface area contributed by atoms with Gasteiger partial charge in [0, 0.05) is 37.7 Å². The van der Waals surface area contributed by atoms with Crippen LogP contribution in [0.3, 0.4) is 0 Å². The molecule has 0 fully saturated rings. The first-order valence-corrected chi connectivity index (χ1v) is 16.0. The molecular formula is C41H24N4S. The number of benzene rings is 6. The molecule has 0 saturated heterocycles. The number of aromatic nitrogens is 3. The largest absolute Gasteiger partial charge is 0.309 e. The minimum absolute atomic E-state index is 0.586. The summed E-state index contributed by atoms with van der Waals surface area (Å²) in [5.41, 5.74) is 10.1. The molecule has 3 heterocycles. The Bertz CT molecular complexity index is 2610. The summed E-state index contributed by atoms with van der Waals surface area (Å²) in [4.78, 5) is 10.2. The van der Waals surface area contributed by atoms with E-state index in [9.17, 15) is 5.26 Å². The molecule has 4 nitrogen and oxygen atoms in total. The standard InChI is InChI=1S/C41H24N4S/c42-25-26-10-8-14-30(22-26)41-43-38(27-11-2-1-3-12-27)40-39(44-41)34-24-29(20-21-37(34)46-40)28-13-9-15-31(23-28)45-35-18-6-4-16-32(35)33-17-5-7-19-36(33)45/h1-24H. The van der Waals surface area contributed by atoms with Gasteiger partial charge >= 0.3 is 0 Å². The first kappa shape index (κ1) is 26.3. The van der Waals surface area contributed by atoms with Gasteiger partial charge < -0.3 is 4.57 Å². The van der Waals surface area contributed by atoms with Gasteiger partial charge in [0.25, 0.3) is 0 Å². The van der Waals surface area contributed by atoms with Gasteiger partial charge in [0.15, 0.2) is 5.82 Å². The summed E-state index contributed by atoms with van der Waals surface area (Å²) in [5, 5.41) is 13.1. The fourth-order valence-corrected chi connectivity index (χ4v) is 7.63. The topological polar surface area (TPSA) is 54.5 Å². The first-order chi connectivity index (χ1) is 22.7. The van der Waals surface area contributed by atoms with E-state index in [0.717, 1.165) is 53.9 Å². The normalized spacial score (nSPS) is 11.5. The molecule has 5 heteroatoms. The third-order valence-electron chi connectivity index (χ3n) is 8.63. The summed E-state index contributed by atoms with van der Waals surface area (Å²) in [6, 6.07) is 52.7. The number of hydrogen-bond acceptors (Lipinski definition) is 4. The molecule has 214 valence electrons. The fraction of sp³-hybridized carbons (Fsp3) is 0. The average molecular weight is 605 g/mol. The van der Waals surface area contributed by atoms with E-state index in [2.05, 4.69) is 114 Å². The van der Waals surface area contributed by atoms with E-state index in [1.54, 1.807) is 17.4 Å². The average Bonchev–Trinajstić information content (AvgIpc) is 3.67. The molecule has 6 aromatic carbocycles. The van der Waals surface area contributed by atoms with E-state index in [1.807, 2.05) is 36.4 Å². The Morgan fingerprint density at radius 3 is 2.00 bits per heavy atom. The van der Waals surface area contributed by atoms with Crippen molar-refractivity contribution in [3.63, 3.8) is 0 Å². The predicted molar refractivity (Wildman–Crippen MR) is 190 cm³/mol. The highest BCUT2D eigenvalue weighted by atomic mass is 32.1. The maximum absolute atomic E-state index is 9.55. The van der Waals surface area contributed by atoms with Crippen LogP contribution in [0, 0.1) is 11.3 Å². The molecule has 0 saturated carbocycles. The lowest BCUT2D eigenvalue weighted by molar-refractivity contribution is 1.18. The van der Waals surface area contributed by atoms with Gasteiger partial charge in [-0.05, 0) is 59.7 Å². The summed E-state index contributed by atoms with van der Waals surface area (Å²) in [6.45, 7) is 0. The van der Waals surface area contributed by atoms with Gasteiger partial charge in [-0.3, -0.25) is 0 Å². The maximum Gasteiger partial charge on any atom is 0.160 e. The van der Waals surface area contributed by atoms with Crippen LogP contribution in [0.2, 0.25) is 0 Å². The molecular weight excluding hydrogens is 581 g/mol. The first-order valence-electron chi connectivity index (χ1n) is 15.1. The molecule has 0 amide bonds. The highest BCUT2D eigenvalue weighted by Gasteiger charge is 2.18. The van der Waals surface area contributed by atoms with Crippen LogP contribution in [-0.4, -0.2) is 14.5 Å². The van der Waals surface area contributed by atoms with Crippen molar-refractivity contribution >= 4 is 53.4 Å². The number of thiophene rings is 1.